The zero-order chi connectivity index (χ0) is 15.6. The van der Waals surface area contributed by atoms with Gasteiger partial charge in [-0.1, -0.05) is 19.4 Å². The third-order valence-electron chi connectivity index (χ3n) is 3.02. The van der Waals surface area contributed by atoms with Crippen molar-refractivity contribution in [3.8, 4) is 0 Å². The Hall–Kier alpha value is -1.47. The van der Waals surface area contributed by atoms with E-state index in [1.807, 2.05) is 0 Å². The first kappa shape index (κ1) is 16.6. The number of hydrogen-bond donors (Lipinski definition) is 2. The molecule has 1 unspecified atom stereocenters. The van der Waals surface area contributed by atoms with Crippen LogP contribution in [0.2, 0.25) is 0 Å². The molecule has 0 heterocycles. The predicted molar refractivity (Wildman–Crippen MR) is 72.4 cm³/mol. The molecule has 5 nitrogen and oxygen atoms in total. The first-order chi connectivity index (χ1) is 9.12. The molecule has 0 radical (unpaired) electrons. The quantitative estimate of drug-likeness (QED) is 0.842. The summed E-state index contributed by atoms with van der Waals surface area (Å²) in [5.74, 6) is -1.96. The van der Waals surface area contributed by atoms with Gasteiger partial charge in [0.05, 0.1) is 4.90 Å². The van der Waals surface area contributed by atoms with Crippen molar-refractivity contribution in [1.29, 1.82) is 0 Å². The van der Waals surface area contributed by atoms with E-state index in [0.29, 0.717) is 12.0 Å². The minimum atomic E-state index is -4.11. The molecule has 1 aromatic carbocycles. The number of carboxylic acid groups (broad SMARTS) is 1. The van der Waals surface area contributed by atoms with Crippen molar-refractivity contribution in [2.75, 3.05) is 0 Å². The monoisotopic (exact) mass is 303 g/mol. The van der Waals surface area contributed by atoms with Gasteiger partial charge in [-0.25, -0.2) is 12.8 Å². The topological polar surface area (TPSA) is 83.5 Å². The second-order valence-corrected chi connectivity index (χ2v) is 6.55. The highest BCUT2D eigenvalue weighted by molar-refractivity contribution is 7.89. The SMILES string of the molecule is CCCC(C)(NS(=O)(=O)c1cc(F)ccc1C)C(=O)O. The molecule has 0 saturated carbocycles. The molecule has 20 heavy (non-hydrogen) atoms. The van der Waals surface area contributed by atoms with Gasteiger partial charge in [0, 0.05) is 0 Å². The molecule has 0 aromatic heterocycles. The molecule has 112 valence electrons. The van der Waals surface area contributed by atoms with E-state index in [1.165, 1.54) is 19.9 Å². The zero-order valence-corrected chi connectivity index (χ0v) is 12.4. The van der Waals surface area contributed by atoms with Gasteiger partial charge in [0.25, 0.3) is 0 Å². The summed E-state index contributed by atoms with van der Waals surface area (Å²) in [6.45, 7) is 4.57. The molecule has 0 aliphatic heterocycles. The van der Waals surface area contributed by atoms with Crippen molar-refractivity contribution >= 4 is 16.0 Å². The number of aliphatic carboxylic acids is 1. The largest absolute Gasteiger partial charge is 0.480 e. The highest BCUT2D eigenvalue weighted by Gasteiger charge is 2.37. The third kappa shape index (κ3) is 3.55. The molecule has 0 spiro atoms. The summed E-state index contributed by atoms with van der Waals surface area (Å²) in [6, 6.07) is 3.37. The van der Waals surface area contributed by atoms with E-state index < -0.39 is 27.3 Å². The summed E-state index contributed by atoms with van der Waals surface area (Å²) >= 11 is 0. The van der Waals surface area contributed by atoms with Crippen LogP contribution in [0.1, 0.15) is 32.3 Å². The second kappa shape index (κ2) is 5.88. The molecule has 0 saturated heterocycles. The number of benzene rings is 1. The summed E-state index contributed by atoms with van der Waals surface area (Å²) in [6.07, 6.45) is 0.628. The molecular formula is C13H18FNO4S. The van der Waals surface area contributed by atoms with Crippen LogP contribution in [0.5, 0.6) is 0 Å². The minimum absolute atomic E-state index is 0.135. The predicted octanol–water partition coefficient (Wildman–Crippen LogP) is 2.06. The molecule has 1 atom stereocenters. The summed E-state index contributed by atoms with van der Waals surface area (Å²) in [5, 5.41) is 9.20. The Morgan fingerprint density at radius 1 is 1.45 bits per heavy atom. The van der Waals surface area contributed by atoms with Gasteiger partial charge in [0.15, 0.2) is 0 Å². The van der Waals surface area contributed by atoms with Crippen LogP contribution in [0.4, 0.5) is 4.39 Å². The summed E-state index contributed by atoms with van der Waals surface area (Å²) in [4.78, 5) is 11.0. The van der Waals surface area contributed by atoms with Crippen molar-refractivity contribution in [2.45, 2.75) is 44.0 Å². The number of carboxylic acids is 1. The molecule has 0 amide bonds. The van der Waals surface area contributed by atoms with Gasteiger partial charge < -0.3 is 5.11 Å². The van der Waals surface area contributed by atoms with Gasteiger partial charge in [-0.05, 0) is 38.0 Å². The van der Waals surface area contributed by atoms with Crippen LogP contribution in [0.15, 0.2) is 23.1 Å². The van der Waals surface area contributed by atoms with Gasteiger partial charge in [-0.2, -0.15) is 4.72 Å². The van der Waals surface area contributed by atoms with E-state index in [0.717, 1.165) is 12.1 Å². The van der Waals surface area contributed by atoms with Crippen LogP contribution < -0.4 is 4.72 Å². The van der Waals surface area contributed by atoms with Crippen molar-refractivity contribution in [1.82, 2.24) is 4.72 Å². The van der Waals surface area contributed by atoms with Gasteiger partial charge in [-0.3, -0.25) is 4.79 Å². The Balaban J connectivity index is 3.23. The number of rotatable bonds is 6. The smallest absolute Gasteiger partial charge is 0.324 e. The fraction of sp³-hybridized carbons (Fsp3) is 0.462. The standard InChI is InChI=1S/C13H18FNO4S/c1-4-7-13(3,12(16)17)15-20(18,19)11-8-10(14)6-5-9(11)2/h5-6,8,15H,4,7H2,1-3H3,(H,16,17). The van der Waals surface area contributed by atoms with E-state index in [-0.39, 0.29) is 11.3 Å². The maximum atomic E-state index is 13.2. The van der Waals surface area contributed by atoms with Crippen molar-refractivity contribution < 1.29 is 22.7 Å². The van der Waals surface area contributed by atoms with E-state index >= 15 is 0 Å². The normalized spacial score (nSPS) is 14.8. The fourth-order valence-electron chi connectivity index (χ4n) is 1.92. The van der Waals surface area contributed by atoms with Crippen molar-refractivity contribution in [2.24, 2.45) is 0 Å². The minimum Gasteiger partial charge on any atom is -0.480 e. The Morgan fingerprint density at radius 3 is 2.55 bits per heavy atom. The van der Waals surface area contributed by atoms with Gasteiger partial charge in [0.2, 0.25) is 10.0 Å². The number of hydrogen-bond acceptors (Lipinski definition) is 3. The summed E-state index contributed by atoms with van der Waals surface area (Å²) < 4.78 is 39.9. The Kier molecular flexibility index (Phi) is 4.88. The Labute approximate surface area is 117 Å². The maximum absolute atomic E-state index is 13.2. The number of sulfonamides is 1. The van der Waals surface area contributed by atoms with Crippen molar-refractivity contribution in [3.63, 3.8) is 0 Å². The zero-order valence-electron chi connectivity index (χ0n) is 11.6. The average Bonchev–Trinajstić information content (AvgIpc) is 2.31. The molecule has 7 heteroatoms. The molecule has 0 aliphatic rings. The van der Waals surface area contributed by atoms with Gasteiger partial charge in [0.1, 0.15) is 11.4 Å². The van der Waals surface area contributed by atoms with Crippen LogP contribution in [0.3, 0.4) is 0 Å². The highest BCUT2D eigenvalue weighted by Crippen LogP contribution is 2.21. The second-order valence-electron chi connectivity index (χ2n) is 4.90. The first-order valence-electron chi connectivity index (χ1n) is 6.16. The molecule has 0 aliphatic carbocycles. The van der Waals surface area contributed by atoms with E-state index in [4.69, 9.17) is 0 Å². The summed E-state index contributed by atoms with van der Waals surface area (Å²) in [5.41, 5.74) is -1.27. The third-order valence-corrected chi connectivity index (χ3v) is 4.76. The molecule has 0 bridgehead atoms. The lowest BCUT2D eigenvalue weighted by molar-refractivity contribution is -0.143. The lowest BCUT2D eigenvalue weighted by atomic mass is 9.98. The Morgan fingerprint density at radius 2 is 2.05 bits per heavy atom. The molecule has 1 aromatic rings. The van der Waals surface area contributed by atoms with Crippen LogP contribution in [0.25, 0.3) is 0 Å². The van der Waals surface area contributed by atoms with E-state index in [1.54, 1.807) is 6.92 Å². The van der Waals surface area contributed by atoms with Crippen molar-refractivity contribution in [3.05, 3.63) is 29.6 Å². The molecule has 2 N–H and O–H groups in total. The molecule has 0 fully saturated rings. The number of aryl methyl sites for hydroxylation is 1. The molecule has 1 rings (SSSR count). The van der Waals surface area contributed by atoms with Gasteiger partial charge >= 0.3 is 5.97 Å². The van der Waals surface area contributed by atoms with Crippen LogP contribution in [-0.2, 0) is 14.8 Å². The van der Waals surface area contributed by atoms with Gasteiger partial charge in [-0.15, -0.1) is 0 Å². The summed E-state index contributed by atoms with van der Waals surface area (Å²) in [7, 11) is -4.11. The fourth-order valence-corrected chi connectivity index (χ4v) is 3.57. The lowest BCUT2D eigenvalue weighted by Gasteiger charge is -2.25. The number of carbonyl (C=O) groups is 1. The van der Waals surface area contributed by atoms with Crippen LogP contribution in [0, 0.1) is 12.7 Å². The van der Waals surface area contributed by atoms with Crippen LogP contribution in [-0.4, -0.2) is 25.0 Å². The number of halogens is 1. The van der Waals surface area contributed by atoms with Crippen LogP contribution >= 0.6 is 0 Å². The van der Waals surface area contributed by atoms with E-state index in [2.05, 4.69) is 4.72 Å². The maximum Gasteiger partial charge on any atom is 0.324 e. The lowest BCUT2D eigenvalue weighted by Crippen LogP contribution is -2.52. The van der Waals surface area contributed by atoms with E-state index in [9.17, 15) is 22.7 Å². The molecular weight excluding hydrogens is 285 g/mol. The Bertz CT molecular complexity index is 615. The average molecular weight is 303 g/mol. The highest BCUT2D eigenvalue weighted by atomic mass is 32.2. The number of nitrogens with one attached hydrogen (secondary N) is 1. The first-order valence-corrected chi connectivity index (χ1v) is 7.64.